The number of nitrogens with zero attached hydrogens (tertiary/aromatic N) is 2. The molecule has 0 fully saturated rings. The lowest BCUT2D eigenvalue weighted by atomic mass is 10.0. The fourth-order valence-electron chi connectivity index (χ4n) is 2.88. The van der Waals surface area contributed by atoms with Gasteiger partial charge in [0.1, 0.15) is 5.75 Å². The van der Waals surface area contributed by atoms with Crippen molar-refractivity contribution in [2.24, 2.45) is 12.8 Å². The number of benzene rings is 1. The maximum Gasteiger partial charge on any atom is 0.260 e. The van der Waals surface area contributed by atoms with Crippen molar-refractivity contribution in [1.29, 1.82) is 0 Å². The molecule has 2 amide bonds. The molecule has 0 atom stereocenters. The van der Waals surface area contributed by atoms with E-state index in [2.05, 4.69) is 0 Å². The minimum absolute atomic E-state index is 0.0510. The number of carbonyl (C=O) groups is 2. The maximum absolute atomic E-state index is 12.4. The molecule has 2 aromatic rings. The Balaban J connectivity index is 1.68. The molecule has 2 N–H and O–H groups in total. The van der Waals surface area contributed by atoms with Gasteiger partial charge in [-0.05, 0) is 29.7 Å². The van der Waals surface area contributed by atoms with Crippen LogP contribution in [0.4, 0.5) is 0 Å². The lowest BCUT2D eigenvalue weighted by molar-refractivity contribution is -0.134. The largest absolute Gasteiger partial charge is 0.483 e. The Morgan fingerprint density at radius 3 is 2.76 bits per heavy atom. The Kier molecular flexibility index (Phi) is 4.56. The quantitative estimate of drug-likeness (QED) is 0.873. The van der Waals surface area contributed by atoms with Crippen LogP contribution in [-0.2, 0) is 24.8 Å². The smallest absolute Gasteiger partial charge is 0.260 e. The summed E-state index contributed by atoms with van der Waals surface area (Å²) >= 11 is 0. The molecule has 1 aliphatic heterocycles. The van der Waals surface area contributed by atoms with Crippen LogP contribution >= 0.6 is 0 Å². The molecule has 1 aromatic carbocycles. The van der Waals surface area contributed by atoms with Crippen LogP contribution < -0.4 is 16.0 Å². The van der Waals surface area contributed by atoms with Gasteiger partial charge in [-0.1, -0.05) is 12.1 Å². The third-order valence-corrected chi connectivity index (χ3v) is 4.28. The molecular weight excluding hydrogens is 322 g/mol. The number of amides is 2. The number of aromatic nitrogens is 1. The molecule has 0 radical (unpaired) electrons. The molecule has 130 valence electrons. The first-order valence-electron chi connectivity index (χ1n) is 7.93. The summed E-state index contributed by atoms with van der Waals surface area (Å²) in [5, 5.41) is 0. The van der Waals surface area contributed by atoms with Gasteiger partial charge in [0.05, 0.1) is 5.56 Å². The van der Waals surface area contributed by atoms with E-state index >= 15 is 0 Å². The highest BCUT2D eigenvalue weighted by atomic mass is 16.5. The molecule has 0 aliphatic carbocycles. The van der Waals surface area contributed by atoms with Crippen LogP contribution in [0.3, 0.4) is 0 Å². The summed E-state index contributed by atoms with van der Waals surface area (Å²) in [6.45, 7) is 0.786. The number of hydrogen-bond acceptors (Lipinski definition) is 4. The van der Waals surface area contributed by atoms with Crippen molar-refractivity contribution in [3.8, 4) is 5.75 Å². The lowest BCUT2D eigenvalue weighted by Crippen LogP contribution is -2.39. The number of hydrogen-bond donors (Lipinski definition) is 1. The number of pyridine rings is 1. The molecule has 0 bridgehead atoms. The molecule has 1 aliphatic rings. The van der Waals surface area contributed by atoms with E-state index in [4.69, 9.17) is 10.5 Å². The van der Waals surface area contributed by atoms with Crippen molar-refractivity contribution in [1.82, 2.24) is 9.47 Å². The van der Waals surface area contributed by atoms with E-state index in [1.165, 1.54) is 4.57 Å². The predicted molar refractivity (Wildman–Crippen MR) is 91.3 cm³/mol. The molecule has 0 saturated heterocycles. The second kappa shape index (κ2) is 6.80. The van der Waals surface area contributed by atoms with E-state index in [9.17, 15) is 14.4 Å². The average molecular weight is 341 g/mol. The monoisotopic (exact) mass is 341 g/mol. The van der Waals surface area contributed by atoms with Crippen LogP contribution in [0, 0.1) is 0 Å². The van der Waals surface area contributed by atoms with Gasteiger partial charge in [0, 0.05) is 32.4 Å². The number of fused-ring (bicyclic) bond motifs is 1. The van der Waals surface area contributed by atoms with E-state index < -0.39 is 5.91 Å². The molecule has 7 nitrogen and oxygen atoms in total. The molecule has 0 saturated carbocycles. The van der Waals surface area contributed by atoms with Gasteiger partial charge in [-0.15, -0.1) is 0 Å². The summed E-state index contributed by atoms with van der Waals surface area (Å²) in [7, 11) is 1.69. The van der Waals surface area contributed by atoms with Crippen molar-refractivity contribution in [2.75, 3.05) is 13.2 Å². The first-order chi connectivity index (χ1) is 12.0. The molecule has 7 heteroatoms. The Bertz CT molecular complexity index is 888. The molecular formula is C18H19N3O4. The van der Waals surface area contributed by atoms with E-state index in [-0.39, 0.29) is 23.6 Å². The van der Waals surface area contributed by atoms with Gasteiger partial charge in [0.2, 0.25) is 0 Å². The van der Waals surface area contributed by atoms with E-state index in [0.29, 0.717) is 25.3 Å². The van der Waals surface area contributed by atoms with Crippen LogP contribution in [0.5, 0.6) is 5.75 Å². The molecule has 0 unspecified atom stereocenters. The van der Waals surface area contributed by atoms with Gasteiger partial charge in [-0.25, -0.2) is 0 Å². The second-order valence-electron chi connectivity index (χ2n) is 5.99. The number of primary amides is 1. The van der Waals surface area contributed by atoms with Gasteiger partial charge in [0.25, 0.3) is 17.4 Å². The number of aryl methyl sites for hydroxylation is 1. The van der Waals surface area contributed by atoms with Crippen molar-refractivity contribution < 1.29 is 14.3 Å². The first kappa shape index (κ1) is 16.8. The highest BCUT2D eigenvalue weighted by molar-refractivity contribution is 5.95. The van der Waals surface area contributed by atoms with E-state index in [1.54, 1.807) is 48.5 Å². The zero-order chi connectivity index (χ0) is 18.0. The Labute approximate surface area is 144 Å². The lowest BCUT2D eigenvalue weighted by Gasteiger charge is -2.29. The number of rotatable bonds is 4. The summed E-state index contributed by atoms with van der Waals surface area (Å²) in [5.74, 6) is -0.488. The topological polar surface area (TPSA) is 94.6 Å². The fraction of sp³-hybridized carbons (Fsp3) is 0.278. The highest BCUT2D eigenvalue weighted by Gasteiger charge is 2.22. The first-order valence-corrected chi connectivity index (χ1v) is 7.93. The van der Waals surface area contributed by atoms with Gasteiger partial charge >= 0.3 is 0 Å². The van der Waals surface area contributed by atoms with Gasteiger partial charge in [0.15, 0.2) is 6.61 Å². The maximum atomic E-state index is 12.4. The van der Waals surface area contributed by atoms with Gasteiger partial charge in [-0.3, -0.25) is 14.4 Å². The summed E-state index contributed by atoms with van der Waals surface area (Å²) in [6, 6.07) is 8.18. The van der Waals surface area contributed by atoms with Crippen LogP contribution in [0.2, 0.25) is 0 Å². The van der Waals surface area contributed by atoms with Crippen LogP contribution in [0.15, 0.2) is 41.3 Å². The van der Waals surface area contributed by atoms with Crippen LogP contribution in [0.1, 0.15) is 21.5 Å². The number of para-hydroxylation sites is 1. The number of ether oxygens (including phenoxy) is 1. The number of nitrogens with two attached hydrogens (primary N) is 1. The number of carbonyl (C=O) groups excluding carboxylic acids is 2. The molecule has 1 aromatic heterocycles. The molecule has 25 heavy (non-hydrogen) atoms. The zero-order valence-corrected chi connectivity index (χ0v) is 13.9. The predicted octanol–water partition coefficient (Wildman–Crippen LogP) is 0.448. The van der Waals surface area contributed by atoms with Gasteiger partial charge < -0.3 is 19.9 Å². The highest BCUT2D eigenvalue weighted by Crippen LogP contribution is 2.19. The van der Waals surface area contributed by atoms with Crippen molar-refractivity contribution in [3.05, 3.63) is 63.6 Å². The van der Waals surface area contributed by atoms with Gasteiger partial charge in [-0.2, -0.15) is 0 Å². The van der Waals surface area contributed by atoms with Crippen molar-refractivity contribution in [3.63, 3.8) is 0 Å². The van der Waals surface area contributed by atoms with Crippen molar-refractivity contribution in [2.45, 2.75) is 13.0 Å². The third kappa shape index (κ3) is 3.55. The standard InChI is InChI=1S/C18H19N3O4/c1-20-9-13-10-21(7-6-12(13)8-16(20)22)17(23)11-25-15-5-3-2-4-14(15)18(19)24/h2-5,8-9H,6-7,10-11H2,1H3,(H2,19,24). The van der Waals surface area contributed by atoms with E-state index in [0.717, 1.165) is 11.1 Å². The zero-order valence-electron chi connectivity index (χ0n) is 13.9. The average Bonchev–Trinajstić information content (AvgIpc) is 2.60. The van der Waals surface area contributed by atoms with E-state index in [1.807, 2.05) is 0 Å². The minimum Gasteiger partial charge on any atom is -0.483 e. The SMILES string of the molecule is Cn1cc2c(cc1=O)CCN(C(=O)COc1ccccc1C(N)=O)C2. The van der Waals surface area contributed by atoms with Crippen LogP contribution in [-0.4, -0.2) is 34.4 Å². The van der Waals surface area contributed by atoms with Crippen molar-refractivity contribution >= 4 is 11.8 Å². The fourth-order valence-corrected chi connectivity index (χ4v) is 2.88. The normalized spacial score (nSPS) is 13.2. The Morgan fingerprint density at radius 1 is 1.24 bits per heavy atom. The molecule has 0 spiro atoms. The summed E-state index contributed by atoms with van der Waals surface area (Å²) in [5.41, 5.74) is 7.43. The van der Waals surface area contributed by atoms with Crippen LogP contribution in [0.25, 0.3) is 0 Å². The summed E-state index contributed by atoms with van der Waals surface area (Å²) < 4.78 is 7.00. The Hall–Kier alpha value is -3.09. The molecule has 3 rings (SSSR count). The third-order valence-electron chi connectivity index (χ3n) is 4.28. The molecule has 2 heterocycles. The summed E-state index contributed by atoms with van der Waals surface area (Å²) in [4.78, 5) is 37.2. The Morgan fingerprint density at radius 2 is 2.00 bits per heavy atom. The second-order valence-corrected chi connectivity index (χ2v) is 5.99. The minimum atomic E-state index is -0.601. The summed E-state index contributed by atoms with van der Waals surface area (Å²) in [6.07, 6.45) is 2.40.